The molecule has 4 rings (SSSR count). The molecule has 0 fully saturated rings. The number of nitrogens with zero attached hydrogens (tertiary/aromatic N) is 1. The molecule has 0 atom stereocenters. The molecule has 0 spiro atoms. The van der Waals surface area contributed by atoms with E-state index < -0.39 is 0 Å². The van der Waals surface area contributed by atoms with Crippen molar-refractivity contribution in [3.8, 4) is 11.5 Å². The molecule has 2 heterocycles. The Morgan fingerprint density at radius 1 is 1.12 bits per heavy atom. The van der Waals surface area contributed by atoms with Crippen LogP contribution in [0.5, 0.6) is 11.5 Å². The zero-order valence-corrected chi connectivity index (χ0v) is 15.1. The van der Waals surface area contributed by atoms with Crippen LogP contribution in [0.2, 0.25) is 0 Å². The van der Waals surface area contributed by atoms with Gasteiger partial charge in [-0.2, -0.15) is 0 Å². The Morgan fingerprint density at radius 2 is 1.85 bits per heavy atom. The molecule has 1 aliphatic rings. The number of carbonyl (C=O) groups excluding carboxylic acids is 2. The molecule has 0 saturated carbocycles. The molecule has 132 valence electrons. The molecule has 6 nitrogen and oxygen atoms in total. The van der Waals surface area contributed by atoms with E-state index in [-0.39, 0.29) is 11.7 Å². The van der Waals surface area contributed by atoms with Gasteiger partial charge in [-0.05, 0) is 38.1 Å². The highest BCUT2D eigenvalue weighted by atomic mass is 32.1. The first-order valence-corrected chi connectivity index (χ1v) is 8.96. The third-order valence-electron chi connectivity index (χ3n) is 4.07. The number of rotatable bonds is 3. The van der Waals surface area contributed by atoms with Gasteiger partial charge in [-0.3, -0.25) is 9.59 Å². The summed E-state index contributed by atoms with van der Waals surface area (Å²) in [6, 6.07) is 8.62. The van der Waals surface area contributed by atoms with Gasteiger partial charge in [0.1, 0.15) is 13.2 Å². The number of amides is 1. The second kappa shape index (κ2) is 6.42. The minimum atomic E-state index is -0.309. The number of hydrogen-bond acceptors (Lipinski definition) is 6. The number of hydrogen-bond donors (Lipinski definition) is 1. The van der Waals surface area contributed by atoms with E-state index in [9.17, 15) is 9.59 Å². The van der Waals surface area contributed by atoms with Crippen LogP contribution in [0.1, 0.15) is 32.6 Å². The second-order valence-corrected chi connectivity index (χ2v) is 7.20. The van der Waals surface area contributed by atoms with E-state index in [1.807, 2.05) is 13.0 Å². The van der Waals surface area contributed by atoms with Gasteiger partial charge in [0.15, 0.2) is 17.3 Å². The first kappa shape index (κ1) is 16.5. The van der Waals surface area contributed by atoms with Gasteiger partial charge in [-0.15, -0.1) is 11.3 Å². The number of Topliss-reactive ketones (excluding diaryl/α,β-unsaturated/α-hetero) is 1. The number of carbonyl (C=O) groups is 2. The van der Waals surface area contributed by atoms with Gasteiger partial charge in [0.2, 0.25) is 0 Å². The fourth-order valence-corrected chi connectivity index (χ4v) is 3.67. The standard InChI is InChI=1S/C19H16N2O4S/c1-10(22)13-8-16-17(25-6-5-24-16)9-14(13)21-19(23)12-3-4-18-15(7-12)20-11(2)26-18/h3-4,7-9H,5-6H2,1-2H3,(H,21,23). The van der Waals surface area contributed by atoms with E-state index in [2.05, 4.69) is 10.3 Å². The number of thiazole rings is 1. The smallest absolute Gasteiger partial charge is 0.255 e. The van der Waals surface area contributed by atoms with Crippen LogP contribution in [0.25, 0.3) is 10.2 Å². The second-order valence-electron chi connectivity index (χ2n) is 5.97. The molecule has 1 amide bonds. The number of anilines is 1. The maximum Gasteiger partial charge on any atom is 0.255 e. The van der Waals surface area contributed by atoms with Crippen molar-refractivity contribution in [1.82, 2.24) is 4.98 Å². The summed E-state index contributed by atoms with van der Waals surface area (Å²) >= 11 is 1.58. The summed E-state index contributed by atoms with van der Waals surface area (Å²) in [5.74, 6) is 0.556. The molecule has 1 aromatic heterocycles. The van der Waals surface area contributed by atoms with Crippen LogP contribution in [0.15, 0.2) is 30.3 Å². The minimum absolute atomic E-state index is 0.164. The number of benzene rings is 2. The molecular formula is C19H16N2O4S. The van der Waals surface area contributed by atoms with Crippen molar-refractivity contribution < 1.29 is 19.1 Å². The summed E-state index contributed by atoms with van der Waals surface area (Å²) in [6.07, 6.45) is 0. The zero-order valence-electron chi connectivity index (χ0n) is 14.3. The van der Waals surface area contributed by atoms with E-state index in [4.69, 9.17) is 9.47 Å². The molecule has 1 aliphatic heterocycles. The third-order valence-corrected chi connectivity index (χ3v) is 5.02. The van der Waals surface area contributed by atoms with Gasteiger partial charge in [0.05, 0.1) is 20.9 Å². The largest absolute Gasteiger partial charge is 0.486 e. The van der Waals surface area contributed by atoms with E-state index >= 15 is 0 Å². The molecule has 3 aromatic rings. The highest BCUT2D eigenvalue weighted by Gasteiger charge is 2.20. The van der Waals surface area contributed by atoms with Gasteiger partial charge in [-0.25, -0.2) is 4.98 Å². The normalized spacial score (nSPS) is 12.8. The lowest BCUT2D eigenvalue weighted by Gasteiger charge is -2.20. The Kier molecular flexibility index (Phi) is 4.08. The number of ketones is 1. The molecule has 26 heavy (non-hydrogen) atoms. The van der Waals surface area contributed by atoms with Crippen molar-refractivity contribution in [2.75, 3.05) is 18.5 Å². The molecule has 0 aliphatic carbocycles. The fraction of sp³-hybridized carbons (Fsp3) is 0.211. The Labute approximate surface area is 153 Å². The highest BCUT2D eigenvalue weighted by molar-refractivity contribution is 7.18. The van der Waals surface area contributed by atoms with Crippen LogP contribution >= 0.6 is 11.3 Å². The van der Waals surface area contributed by atoms with Crippen LogP contribution in [-0.2, 0) is 0 Å². The Hall–Kier alpha value is -2.93. The first-order valence-electron chi connectivity index (χ1n) is 8.14. The molecule has 7 heteroatoms. The van der Waals surface area contributed by atoms with Gasteiger partial charge < -0.3 is 14.8 Å². The molecule has 1 N–H and O–H groups in total. The lowest BCUT2D eigenvalue weighted by atomic mass is 10.1. The quantitative estimate of drug-likeness (QED) is 0.711. The van der Waals surface area contributed by atoms with Crippen molar-refractivity contribution in [2.24, 2.45) is 0 Å². The van der Waals surface area contributed by atoms with Crippen LogP contribution in [0.4, 0.5) is 5.69 Å². The summed E-state index contributed by atoms with van der Waals surface area (Å²) in [7, 11) is 0. The molecule has 2 aromatic carbocycles. The number of ether oxygens (including phenoxy) is 2. The van der Waals surface area contributed by atoms with Gasteiger partial charge in [0.25, 0.3) is 5.91 Å². The van der Waals surface area contributed by atoms with Crippen molar-refractivity contribution in [3.05, 3.63) is 46.5 Å². The monoisotopic (exact) mass is 368 g/mol. The van der Waals surface area contributed by atoms with Crippen LogP contribution in [0.3, 0.4) is 0 Å². The van der Waals surface area contributed by atoms with E-state index in [0.29, 0.717) is 41.5 Å². The van der Waals surface area contributed by atoms with E-state index in [0.717, 1.165) is 15.2 Å². The van der Waals surface area contributed by atoms with Crippen molar-refractivity contribution in [3.63, 3.8) is 0 Å². The van der Waals surface area contributed by atoms with Crippen molar-refractivity contribution in [2.45, 2.75) is 13.8 Å². The lowest BCUT2D eigenvalue weighted by molar-refractivity contribution is 0.101. The van der Waals surface area contributed by atoms with Crippen LogP contribution in [0, 0.1) is 6.92 Å². The first-order chi connectivity index (χ1) is 12.5. The van der Waals surface area contributed by atoms with Crippen LogP contribution in [-0.4, -0.2) is 29.9 Å². The summed E-state index contributed by atoms with van der Waals surface area (Å²) in [4.78, 5) is 29.1. The topological polar surface area (TPSA) is 77.5 Å². The van der Waals surface area contributed by atoms with Gasteiger partial charge in [0, 0.05) is 17.2 Å². The average molecular weight is 368 g/mol. The molecule has 0 radical (unpaired) electrons. The number of nitrogens with one attached hydrogen (secondary N) is 1. The molecular weight excluding hydrogens is 352 g/mol. The van der Waals surface area contributed by atoms with Crippen molar-refractivity contribution in [1.29, 1.82) is 0 Å². The summed E-state index contributed by atoms with van der Waals surface area (Å²) in [5, 5.41) is 3.76. The summed E-state index contributed by atoms with van der Waals surface area (Å²) in [6.45, 7) is 4.24. The SMILES string of the molecule is CC(=O)c1cc2c(cc1NC(=O)c1ccc3sc(C)nc3c1)OCCO2. The maximum absolute atomic E-state index is 12.7. The lowest BCUT2D eigenvalue weighted by Crippen LogP contribution is -2.18. The number of fused-ring (bicyclic) bond motifs is 2. The summed E-state index contributed by atoms with van der Waals surface area (Å²) < 4.78 is 12.1. The molecule has 0 saturated heterocycles. The maximum atomic E-state index is 12.7. The zero-order chi connectivity index (χ0) is 18.3. The fourth-order valence-electron chi connectivity index (χ4n) is 2.86. The minimum Gasteiger partial charge on any atom is -0.486 e. The predicted molar refractivity (Wildman–Crippen MR) is 99.7 cm³/mol. The number of aryl methyl sites for hydroxylation is 1. The van der Waals surface area contributed by atoms with Crippen molar-refractivity contribution >= 4 is 38.9 Å². The predicted octanol–water partition coefficient (Wildman–Crippen LogP) is 3.83. The Balaban J connectivity index is 1.68. The molecule has 0 unspecified atom stereocenters. The third kappa shape index (κ3) is 3.01. The van der Waals surface area contributed by atoms with E-state index in [1.54, 1.807) is 35.6 Å². The van der Waals surface area contributed by atoms with Crippen LogP contribution < -0.4 is 14.8 Å². The average Bonchev–Trinajstić information content (AvgIpc) is 3.00. The molecule has 0 bridgehead atoms. The number of aromatic nitrogens is 1. The van der Waals surface area contributed by atoms with E-state index in [1.165, 1.54) is 6.92 Å². The van der Waals surface area contributed by atoms with Gasteiger partial charge in [-0.1, -0.05) is 0 Å². The summed E-state index contributed by atoms with van der Waals surface area (Å²) in [5.41, 5.74) is 2.05. The van der Waals surface area contributed by atoms with Gasteiger partial charge >= 0.3 is 0 Å². The highest BCUT2D eigenvalue weighted by Crippen LogP contribution is 2.36. The Bertz CT molecular complexity index is 1040. The Morgan fingerprint density at radius 3 is 2.58 bits per heavy atom.